The van der Waals surface area contributed by atoms with Crippen LogP contribution in [0.2, 0.25) is 0 Å². The van der Waals surface area contributed by atoms with Gasteiger partial charge in [0, 0.05) is 32.7 Å². The lowest BCUT2D eigenvalue weighted by molar-refractivity contribution is -0.00637. The van der Waals surface area contributed by atoms with Gasteiger partial charge in [-0.25, -0.2) is 9.37 Å². The van der Waals surface area contributed by atoms with Gasteiger partial charge in [0.15, 0.2) is 0 Å². The Labute approximate surface area is 146 Å². The average Bonchev–Trinajstić information content (AvgIpc) is 2.62. The lowest BCUT2D eigenvalue weighted by Gasteiger charge is -2.33. The van der Waals surface area contributed by atoms with E-state index in [9.17, 15) is 12.8 Å². The van der Waals surface area contributed by atoms with E-state index in [1.165, 1.54) is 41.0 Å². The van der Waals surface area contributed by atoms with Crippen molar-refractivity contribution in [3.05, 3.63) is 48.2 Å². The molecule has 1 atom stereocenters. The molecular formula is C16H19FN4O3S. The van der Waals surface area contributed by atoms with E-state index >= 15 is 0 Å². The van der Waals surface area contributed by atoms with Crippen LogP contribution in [0.3, 0.4) is 0 Å². The Morgan fingerprint density at radius 2 is 2.12 bits per heavy atom. The second kappa shape index (κ2) is 7.12. The number of halogens is 1. The second-order valence-corrected chi connectivity index (χ2v) is 7.99. The van der Waals surface area contributed by atoms with Gasteiger partial charge in [-0.05, 0) is 12.1 Å². The molecule has 7 nitrogen and oxygen atoms in total. The minimum Gasteiger partial charge on any atom is -0.369 e. The van der Waals surface area contributed by atoms with Crippen LogP contribution in [0.25, 0.3) is 11.3 Å². The molecule has 1 fully saturated rings. The fourth-order valence-corrected chi connectivity index (χ4v) is 3.66. The summed E-state index contributed by atoms with van der Waals surface area (Å²) < 4.78 is 46.2. The molecular weight excluding hydrogens is 347 g/mol. The minimum absolute atomic E-state index is 0.155. The Hall–Kier alpha value is -1.94. The van der Waals surface area contributed by atoms with Crippen LogP contribution in [0, 0.1) is 5.82 Å². The molecule has 9 heteroatoms. The Kier molecular flexibility index (Phi) is 5.09. The Morgan fingerprint density at radius 3 is 2.84 bits per heavy atom. The van der Waals surface area contributed by atoms with Crippen molar-refractivity contribution in [2.24, 2.45) is 0 Å². The van der Waals surface area contributed by atoms with Crippen LogP contribution in [0.5, 0.6) is 0 Å². The predicted octanol–water partition coefficient (Wildman–Crippen LogP) is 1.46. The van der Waals surface area contributed by atoms with E-state index in [-0.39, 0.29) is 25.5 Å². The molecule has 0 aliphatic carbocycles. The molecule has 0 spiro atoms. The predicted molar refractivity (Wildman–Crippen MR) is 90.3 cm³/mol. The van der Waals surface area contributed by atoms with Crippen molar-refractivity contribution >= 4 is 10.2 Å². The molecule has 25 heavy (non-hydrogen) atoms. The smallest absolute Gasteiger partial charge is 0.281 e. The molecule has 1 unspecified atom stereocenters. The van der Waals surface area contributed by atoms with Gasteiger partial charge in [0.25, 0.3) is 10.2 Å². The average molecular weight is 366 g/mol. The SMILES string of the molecule is CN(C)S(=O)(=O)N1CCOC(c2cncc(-c3cccc(F)c3)n2)C1. The summed E-state index contributed by atoms with van der Waals surface area (Å²) in [6.45, 7) is 0.708. The summed E-state index contributed by atoms with van der Waals surface area (Å²) in [6, 6.07) is 6.07. The minimum atomic E-state index is -3.52. The maximum atomic E-state index is 13.4. The summed E-state index contributed by atoms with van der Waals surface area (Å²) in [5, 5.41) is 0. The number of nitrogens with zero attached hydrogens (tertiary/aromatic N) is 4. The summed E-state index contributed by atoms with van der Waals surface area (Å²) in [6.07, 6.45) is 2.55. The van der Waals surface area contributed by atoms with Crippen molar-refractivity contribution in [1.29, 1.82) is 0 Å². The van der Waals surface area contributed by atoms with Crippen molar-refractivity contribution in [1.82, 2.24) is 18.6 Å². The molecule has 0 saturated carbocycles. The highest BCUT2D eigenvalue weighted by molar-refractivity contribution is 7.86. The van der Waals surface area contributed by atoms with Crippen LogP contribution in [0.1, 0.15) is 11.8 Å². The van der Waals surface area contributed by atoms with Gasteiger partial charge in [0.2, 0.25) is 0 Å². The van der Waals surface area contributed by atoms with E-state index in [0.29, 0.717) is 17.0 Å². The number of ether oxygens (including phenoxy) is 1. The number of morpholine rings is 1. The highest BCUT2D eigenvalue weighted by atomic mass is 32.2. The zero-order valence-corrected chi connectivity index (χ0v) is 14.8. The molecule has 0 amide bonds. The van der Waals surface area contributed by atoms with E-state index in [2.05, 4.69) is 9.97 Å². The third-order valence-corrected chi connectivity index (χ3v) is 5.83. The van der Waals surface area contributed by atoms with Crippen LogP contribution < -0.4 is 0 Å². The van der Waals surface area contributed by atoms with Gasteiger partial charge >= 0.3 is 0 Å². The molecule has 2 aromatic rings. The standard InChI is InChI=1S/C16H19FN4O3S/c1-20(2)25(22,23)21-6-7-24-16(11-21)15-10-18-9-14(19-15)12-4-3-5-13(17)8-12/h3-5,8-10,16H,6-7,11H2,1-2H3. The van der Waals surface area contributed by atoms with Crippen LogP contribution >= 0.6 is 0 Å². The first-order valence-electron chi connectivity index (χ1n) is 7.75. The van der Waals surface area contributed by atoms with Crippen molar-refractivity contribution in [2.45, 2.75) is 6.10 Å². The lowest BCUT2D eigenvalue weighted by Crippen LogP contribution is -2.47. The lowest BCUT2D eigenvalue weighted by atomic mass is 10.1. The normalized spacial score (nSPS) is 19.3. The van der Waals surface area contributed by atoms with Crippen molar-refractivity contribution < 1.29 is 17.5 Å². The maximum absolute atomic E-state index is 13.4. The molecule has 2 heterocycles. The Morgan fingerprint density at radius 1 is 1.32 bits per heavy atom. The number of rotatable bonds is 4. The summed E-state index contributed by atoms with van der Waals surface area (Å²) in [5.74, 6) is -0.359. The molecule has 0 radical (unpaired) electrons. The van der Waals surface area contributed by atoms with Crippen LogP contribution in [0.4, 0.5) is 4.39 Å². The van der Waals surface area contributed by atoms with Gasteiger partial charge < -0.3 is 4.74 Å². The molecule has 1 aromatic heterocycles. The largest absolute Gasteiger partial charge is 0.369 e. The Bertz CT molecular complexity index is 860. The Balaban J connectivity index is 1.86. The molecule has 134 valence electrons. The van der Waals surface area contributed by atoms with Crippen LogP contribution in [-0.4, -0.2) is 60.8 Å². The van der Waals surface area contributed by atoms with Gasteiger partial charge in [-0.3, -0.25) is 4.98 Å². The highest BCUT2D eigenvalue weighted by Gasteiger charge is 2.32. The van der Waals surface area contributed by atoms with Crippen LogP contribution in [-0.2, 0) is 14.9 Å². The third kappa shape index (κ3) is 3.84. The van der Waals surface area contributed by atoms with E-state index in [0.717, 1.165) is 0 Å². The fraction of sp³-hybridized carbons (Fsp3) is 0.375. The quantitative estimate of drug-likeness (QED) is 0.819. The zero-order valence-electron chi connectivity index (χ0n) is 14.0. The summed E-state index contributed by atoms with van der Waals surface area (Å²) >= 11 is 0. The van der Waals surface area contributed by atoms with Crippen LogP contribution in [0.15, 0.2) is 36.7 Å². The van der Waals surface area contributed by atoms with E-state index < -0.39 is 16.3 Å². The van der Waals surface area contributed by atoms with Gasteiger partial charge in [-0.1, -0.05) is 12.1 Å². The topological polar surface area (TPSA) is 75.6 Å². The van der Waals surface area contributed by atoms with Gasteiger partial charge in [0.1, 0.15) is 11.9 Å². The number of benzene rings is 1. The summed E-state index contributed by atoms with van der Waals surface area (Å²) in [5.41, 5.74) is 1.62. The molecule has 1 saturated heterocycles. The van der Waals surface area contributed by atoms with E-state index in [1.54, 1.807) is 18.3 Å². The third-order valence-electron chi connectivity index (χ3n) is 3.92. The molecule has 1 aliphatic heterocycles. The molecule has 1 aliphatic rings. The van der Waals surface area contributed by atoms with Crippen molar-refractivity contribution in [3.8, 4) is 11.3 Å². The van der Waals surface area contributed by atoms with Crippen molar-refractivity contribution in [3.63, 3.8) is 0 Å². The zero-order chi connectivity index (χ0) is 18.0. The molecule has 0 N–H and O–H groups in total. The fourth-order valence-electron chi connectivity index (χ4n) is 2.57. The van der Waals surface area contributed by atoms with Crippen molar-refractivity contribution in [2.75, 3.05) is 33.8 Å². The number of aromatic nitrogens is 2. The van der Waals surface area contributed by atoms with Gasteiger partial charge in [-0.15, -0.1) is 0 Å². The maximum Gasteiger partial charge on any atom is 0.281 e. The van der Waals surface area contributed by atoms with Gasteiger partial charge in [-0.2, -0.15) is 17.0 Å². The second-order valence-electron chi connectivity index (χ2n) is 5.85. The first-order chi connectivity index (χ1) is 11.9. The summed E-state index contributed by atoms with van der Waals surface area (Å²) in [4.78, 5) is 8.62. The monoisotopic (exact) mass is 366 g/mol. The first kappa shape index (κ1) is 17.9. The molecule has 0 bridgehead atoms. The first-order valence-corrected chi connectivity index (χ1v) is 9.14. The molecule has 1 aromatic carbocycles. The van der Waals surface area contributed by atoms with Gasteiger partial charge in [0.05, 0.1) is 30.4 Å². The highest BCUT2D eigenvalue weighted by Crippen LogP contribution is 2.25. The van der Waals surface area contributed by atoms with E-state index in [4.69, 9.17) is 4.74 Å². The number of hydrogen-bond acceptors (Lipinski definition) is 5. The molecule has 3 rings (SSSR count). The summed E-state index contributed by atoms with van der Waals surface area (Å²) in [7, 11) is -0.539. The number of hydrogen-bond donors (Lipinski definition) is 0. The van der Waals surface area contributed by atoms with E-state index in [1.807, 2.05) is 0 Å².